The van der Waals surface area contributed by atoms with Crippen molar-refractivity contribution in [3.63, 3.8) is 0 Å². The first-order chi connectivity index (χ1) is 6.81. The lowest BCUT2D eigenvalue weighted by Crippen LogP contribution is -1.96. The third-order valence-electron chi connectivity index (χ3n) is 1.84. The number of aromatic nitrogens is 1. The zero-order chi connectivity index (χ0) is 9.97. The predicted octanol–water partition coefficient (Wildman–Crippen LogP) is 2.29. The van der Waals surface area contributed by atoms with Crippen molar-refractivity contribution in [1.82, 2.24) is 4.37 Å². The summed E-state index contributed by atoms with van der Waals surface area (Å²) in [5.74, 6) is 0.777. The van der Waals surface area contributed by atoms with Gasteiger partial charge >= 0.3 is 0 Å². The average Bonchev–Trinajstić information content (AvgIpc) is 2.88. The van der Waals surface area contributed by atoms with Crippen LogP contribution in [0.3, 0.4) is 0 Å². The molecule has 14 heavy (non-hydrogen) atoms. The highest BCUT2D eigenvalue weighted by atomic mass is 32.1. The molecule has 0 amide bonds. The zero-order valence-electron chi connectivity index (χ0n) is 7.51. The van der Waals surface area contributed by atoms with Crippen LogP contribution in [0.1, 0.15) is 16.7 Å². The smallest absolute Gasteiger partial charge is 0.131 e. The monoisotopic (exact) mass is 227 g/mol. The number of methoxy groups -OCH3 is 1. The first-order valence-corrected chi connectivity index (χ1v) is 5.73. The molecule has 0 bridgehead atoms. The van der Waals surface area contributed by atoms with Gasteiger partial charge in [0.1, 0.15) is 11.9 Å². The Balaban J connectivity index is 2.23. The first-order valence-electron chi connectivity index (χ1n) is 4.02. The Hall–Kier alpha value is -0.910. The van der Waals surface area contributed by atoms with Crippen LogP contribution >= 0.6 is 22.9 Å². The van der Waals surface area contributed by atoms with Crippen LogP contribution in [0.5, 0.6) is 5.75 Å². The molecule has 0 fully saturated rings. The number of hydrogen-bond acceptors (Lipinski definition) is 5. The van der Waals surface area contributed by atoms with E-state index in [2.05, 4.69) is 4.37 Å². The van der Waals surface area contributed by atoms with E-state index in [1.165, 1.54) is 22.9 Å². The molecular formula is C9H9NO2S2. The number of nitrogens with zero attached hydrogens (tertiary/aromatic N) is 1. The molecule has 0 aliphatic heterocycles. The van der Waals surface area contributed by atoms with Crippen molar-refractivity contribution >= 4 is 22.9 Å². The molecule has 2 aromatic heterocycles. The summed E-state index contributed by atoms with van der Waals surface area (Å²) in [6.07, 6.45) is -0.629. The molecule has 0 radical (unpaired) electrons. The Kier molecular flexibility index (Phi) is 2.81. The Morgan fingerprint density at radius 2 is 2.43 bits per heavy atom. The second-order valence-electron chi connectivity index (χ2n) is 2.72. The van der Waals surface area contributed by atoms with Gasteiger partial charge in [-0.2, -0.15) is 4.37 Å². The molecule has 2 heterocycles. The molecule has 5 heteroatoms. The van der Waals surface area contributed by atoms with E-state index in [1.54, 1.807) is 7.11 Å². The summed E-state index contributed by atoms with van der Waals surface area (Å²) in [6, 6.07) is 3.65. The highest BCUT2D eigenvalue weighted by molar-refractivity contribution is 7.10. The Labute approximate surface area is 89.8 Å². The Morgan fingerprint density at radius 1 is 1.57 bits per heavy atom. The molecule has 1 N–H and O–H groups in total. The van der Waals surface area contributed by atoms with Gasteiger partial charge in [-0.1, -0.05) is 0 Å². The summed E-state index contributed by atoms with van der Waals surface area (Å²) in [5, 5.41) is 13.6. The third kappa shape index (κ3) is 1.79. The van der Waals surface area contributed by atoms with E-state index < -0.39 is 6.10 Å². The largest absolute Gasteiger partial charge is 0.496 e. The highest BCUT2D eigenvalue weighted by Gasteiger charge is 2.14. The van der Waals surface area contributed by atoms with Crippen molar-refractivity contribution in [1.29, 1.82) is 0 Å². The van der Waals surface area contributed by atoms with Crippen LogP contribution in [0.15, 0.2) is 22.9 Å². The molecule has 2 rings (SSSR count). The molecule has 0 aliphatic carbocycles. The van der Waals surface area contributed by atoms with Crippen molar-refractivity contribution < 1.29 is 9.84 Å². The summed E-state index contributed by atoms with van der Waals surface area (Å²) >= 11 is 2.81. The number of rotatable bonds is 3. The van der Waals surface area contributed by atoms with Crippen LogP contribution in [0.2, 0.25) is 0 Å². The quantitative estimate of drug-likeness (QED) is 0.874. The minimum Gasteiger partial charge on any atom is -0.496 e. The predicted molar refractivity (Wildman–Crippen MR) is 57.0 cm³/mol. The van der Waals surface area contributed by atoms with Crippen LogP contribution in [0.4, 0.5) is 0 Å². The maximum atomic E-state index is 9.89. The SMILES string of the molecule is COc1csc(C(O)c2ccsn2)c1. The van der Waals surface area contributed by atoms with Gasteiger partial charge in [-0.15, -0.1) is 11.3 Å². The molecule has 0 saturated heterocycles. The van der Waals surface area contributed by atoms with Gasteiger partial charge in [-0.25, -0.2) is 0 Å². The normalized spacial score (nSPS) is 12.7. The van der Waals surface area contributed by atoms with Gasteiger partial charge in [0, 0.05) is 15.6 Å². The number of ether oxygens (including phenoxy) is 1. The van der Waals surface area contributed by atoms with Gasteiger partial charge in [-0.05, 0) is 23.7 Å². The van der Waals surface area contributed by atoms with E-state index in [9.17, 15) is 5.11 Å². The molecule has 1 atom stereocenters. The Morgan fingerprint density at radius 3 is 3.00 bits per heavy atom. The van der Waals surface area contributed by atoms with Crippen LogP contribution in [-0.4, -0.2) is 16.6 Å². The summed E-state index contributed by atoms with van der Waals surface area (Å²) in [4.78, 5) is 0.854. The lowest BCUT2D eigenvalue weighted by Gasteiger charge is -2.03. The molecule has 0 spiro atoms. The fourth-order valence-electron chi connectivity index (χ4n) is 1.09. The minimum atomic E-state index is -0.629. The second kappa shape index (κ2) is 4.08. The van der Waals surface area contributed by atoms with E-state index in [0.29, 0.717) is 5.69 Å². The minimum absolute atomic E-state index is 0.629. The number of aliphatic hydroxyl groups is 1. The Bertz CT molecular complexity index is 397. The standard InChI is InChI=1S/C9H9NO2S2/c1-12-6-4-8(13-5-6)9(11)7-2-3-14-10-7/h2-5,9,11H,1H3. The van der Waals surface area contributed by atoms with Crippen molar-refractivity contribution in [3.05, 3.63) is 33.5 Å². The summed E-state index contributed by atoms with van der Waals surface area (Å²) < 4.78 is 9.13. The van der Waals surface area contributed by atoms with E-state index in [-0.39, 0.29) is 0 Å². The molecule has 3 nitrogen and oxygen atoms in total. The first kappa shape index (κ1) is 9.64. The van der Waals surface area contributed by atoms with Gasteiger partial charge < -0.3 is 9.84 Å². The van der Waals surface area contributed by atoms with Gasteiger partial charge in [-0.3, -0.25) is 0 Å². The molecule has 1 unspecified atom stereocenters. The van der Waals surface area contributed by atoms with Crippen molar-refractivity contribution in [2.24, 2.45) is 0 Å². The fourth-order valence-corrected chi connectivity index (χ4v) is 2.49. The molecule has 0 aliphatic rings. The fraction of sp³-hybridized carbons (Fsp3) is 0.222. The number of hydrogen-bond donors (Lipinski definition) is 1. The van der Waals surface area contributed by atoms with E-state index in [4.69, 9.17) is 4.74 Å². The van der Waals surface area contributed by atoms with Crippen LogP contribution in [0.25, 0.3) is 0 Å². The average molecular weight is 227 g/mol. The molecule has 2 aromatic rings. The third-order valence-corrected chi connectivity index (χ3v) is 3.38. The molecule has 0 aromatic carbocycles. The highest BCUT2D eigenvalue weighted by Crippen LogP contribution is 2.30. The van der Waals surface area contributed by atoms with Gasteiger partial charge in [0.25, 0.3) is 0 Å². The summed E-state index contributed by atoms with van der Waals surface area (Å²) in [5.41, 5.74) is 0.694. The van der Waals surface area contributed by atoms with E-state index >= 15 is 0 Å². The molecular weight excluding hydrogens is 218 g/mol. The van der Waals surface area contributed by atoms with Crippen LogP contribution < -0.4 is 4.74 Å². The zero-order valence-corrected chi connectivity index (χ0v) is 9.14. The maximum absolute atomic E-state index is 9.89. The van der Waals surface area contributed by atoms with Crippen LogP contribution in [0, 0.1) is 0 Å². The summed E-state index contributed by atoms with van der Waals surface area (Å²) in [6.45, 7) is 0. The lowest BCUT2D eigenvalue weighted by atomic mass is 10.2. The number of aliphatic hydroxyl groups excluding tert-OH is 1. The lowest BCUT2D eigenvalue weighted by molar-refractivity contribution is 0.220. The van der Waals surface area contributed by atoms with Crippen molar-refractivity contribution in [3.8, 4) is 5.75 Å². The second-order valence-corrected chi connectivity index (χ2v) is 4.32. The van der Waals surface area contributed by atoms with Crippen molar-refractivity contribution in [2.45, 2.75) is 6.10 Å². The van der Waals surface area contributed by atoms with E-state index in [0.717, 1.165) is 10.6 Å². The van der Waals surface area contributed by atoms with Gasteiger partial charge in [0.2, 0.25) is 0 Å². The van der Waals surface area contributed by atoms with E-state index in [1.807, 2.05) is 22.9 Å². The van der Waals surface area contributed by atoms with Gasteiger partial charge in [0.05, 0.1) is 12.8 Å². The topological polar surface area (TPSA) is 42.4 Å². The van der Waals surface area contributed by atoms with Gasteiger partial charge in [0.15, 0.2) is 0 Å². The maximum Gasteiger partial charge on any atom is 0.131 e. The number of thiophene rings is 1. The summed E-state index contributed by atoms with van der Waals surface area (Å²) in [7, 11) is 1.61. The van der Waals surface area contributed by atoms with Crippen LogP contribution in [-0.2, 0) is 0 Å². The van der Waals surface area contributed by atoms with Crippen molar-refractivity contribution in [2.75, 3.05) is 7.11 Å². The molecule has 0 saturated carbocycles. The molecule has 74 valence electrons.